The second-order valence-electron chi connectivity index (χ2n) is 12.4. The molecule has 7 aromatic carbocycles. The summed E-state index contributed by atoms with van der Waals surface area (Å²) in [5.74, 6) is 1.99. The van der Waals surface area contributed by atoms with Crippen molar-refractivity contribution in [1.29, 1.82) is 0 Å². The van der Waals surface area contributed by atoms with Gasteiger partial charge in [0.05, 0.1) is 0 Å². The molecule has 234 valence electrons. The highest BCUT2D eigenvalue weighted by molar-refractivity contribution is 7.26. The zero-order valence-corrected chi connectivity index (χ0v) is 28.4. The van der Waals surface area contributed by atoms with Gasteiger partial charge in [-0.15, -0.1) is 22.7 Å². The molecule has 0 N–H and O–H groups in total. The quantitative estimate of drug-likeness (QED) is 0.182. The predicted octanol–water partition coefficient (Wildman–Crippen LogP) is 12.9. The summed E-state index contributed by atoms with van der Waals surface area (Å²) in [5.41, 5.74) is 7.72. The van der Waals surface area contributed by atoms with Crippen molar-refractivity contribution in [3.8, 4) is 56.4 Å². The summed E-state index contributed by atoms with van der Waals surface area (Å²) in [6.07, 6.45) is 0. The zero-order valence-electron chi connectivity index (χ0n) is 26.7. The molecule has 0 fully saturated rings. The molecule has 0 aliphatic rings. The molecule has 0 bridgehead atoms. The third kappa shape index (κ3) is 4.90. The maximum atomic E-state index is 5.22. The molecule has 5 heteroatoms. The second-order valence-corrected chi connectivity index (χ2v) is 14.5. The standard InChI is InChI=1S/C45H27N3S2/c1-3-11-28(12-4-1)29-21-23-31(24-22-29)43-46-44(48-45(47-43)36-18-9-17-35-34-15-7-8-19-38(34)50-42(35)36)32-25-26-39-37(27-32)41-33(16-10-20-40(41)49-39)30-13-5-2-6-14-30/h1-27H. The Kier molecular flexibility index (Phi) is 6.86. The van der Waals surface area contributed by atoms with Gasteiger partial charge < -0.3 is 0 Å². The molecule has 0 amide bonds. The van der Waals surface area contributed by atoms with Gasteiger partial charge in [-0.2, -0.15) is 0 Å². The molecule has 50 heavy (non-hydrogen) atoms. The number of nitrogens with zero attached hydrogens (tertiary/aromatic N) is 3. The molecular weight excluding hydrogens is 647 g/mol. The fourth-order valence-corrected chi connectivity index (χ4v) is 9.27. The Morgan fingerprint density at radius 2 is 0.880 bits per heavy atom. The summed E-state index contributed by atoms with van der Waals surface area (Å²) in [5, 5.41) is 4.95. The smallest absolute Gasteiger partial charge is 0.165 e. The van der Waals surface area contributed by atoms with E-state index in [9.17, 15) is 0 Å². The van der Waals surface area contributed by atoms with Crippen LogP contribution in [0.4, 0.5) is 0 Å². The lowest BCUT2D eigenvalue weighted by Crippen LogP contribution is -2.00. The number of hydrogen-bond acceptors (Lipinski definition) is 5. The van der Waals surface area contributed by atoms with Crippen molar-refractivity contribution in [3.05, 3.63) is 164 Å². The van der Waals surface area contributed by atoms with E-state index in [0.717, 1.165) is 22.3 Å². The summed E-state index contributed by atoms with van der Waals surface area (Å²) in [7, 11) is 0. The van der Waals surface area contributed by atoms with Crippen LogP contribution in [0.2, 0.25) is 0 Å². The van der Waals surface area contributed by atoms with Crippen LogP contribution in [0, 0.1) is 0 Å². The molecule has 10 rings (SSSR count). The minimum atomic E-state index is 0.656. The number of thiophene rings is 2. The molecule has 0 radical (unpaired) electrons. The van der Waals surface area contributed by atoms with Crippen LogP contribution in [0.3, 0.4) is 0 Å². The van der Waals surface area contributed by atoms with Crippen LogP contribution in [0.25, 0.3) is 96.8 Å². The lowest BCUT2D eigenvalue weighted by atomic mass is 9.99. The molecule has 0 unspecified atom stereocenters. The van der Waals surface area contributed by atoms with Crippen molar-refractivity contribution in [2.45, 2.75) is 0 Å². The minimum Gasteiger partial charge on any atom is -0.208 e. The monoisotopic (exact) mass is 673 g/mol. The van der Waals surface area contributed by atoms with E-state index in [0.29, 0.717) is 17.5 Å². The molecule has 0 aliphatic carbocycles. The average Bonchev–Trinajstić information content (AvgIpc) is 3.77. The fraction of sp³-hybridized carbons (Fsp3) is 0. The Morgan fingerprint density at radius 3 is 1.70 bits per heavy atom. The molecule has 0 atom stereocenters. The van der Waals surface area contributed by atoms with Crippen LogP contribution >= 0.6 is 22.7 Å². The SMILES string of the molecule is c1ccc(-c2ccc(-c3nc(-c4ccc5sc6cccc(-c7ccccc7)c6c5c4)nc(-c4cccc5c4sc4ccccc45)n3)cc2)cc1. The molecular formula is C45H27N3S2. The van der Waals surface area contributed by atoms with Crippen molar-refractivity contribution in [2.75, 3.05) is 0 Å². The van der Waals surface area contributed by atoms with Crippen molar-refractivity contribution in [2.24, 2.45) is 0 Å². The fourth-order valence-electron chi connectivity index (χ4n) is 6.94. The first-order valence-electron chi connectivity index (χ1n) is 16.6. The topological polar surface area (TPSA) is 38.7 Å². The van der Waals surface area contributed by atoms with Gasteiger partial charge in [-0.05, 0) is 58.7 Å². The molecule has 10 aromatic rings. The average molecular weight is 674 g/mol. The third-order valence-corrected chi connectivity index (χ3v) is 11.7. The Bertz CT molecular complexity index is 2850. The third-order valence-electron chi connectivity index (χ3n) is 9.37. The molecule has 0 saturated heterocycles. The van der Waals surface area contributed by atoms with Crippen LogP contribution in [-0.4, -0.2) is 15.0 Å². The maximum absolute atomic E-state index is 5.22. The highest BCUT2D eigenvalue weighted by Crippen LogP contribution is 2.42. The summed E-state index contributed by atoms with van der Waals surface area (Å²) in [4.78, 5) is 15.6. The van der Waals surface area contributed by atoms with Gasteiger partial charge in [0, 0.05) is 57.0 Å². The summed E-state index contributed by atoms with van der Waals surface area (Å²) >= 11 is 3.62. The van der Waals surface area contributed by atoms with Gasteiger partial charge in [0.1, 0.15) is 0 Å². The van der Waals surface area contributed by atoms with Gasteiger partial charge in [-0.25, -0.2) is 15.0 Å². The summed E-state index contributed by atoms with van der Waals surface area (Å²) in [6.45, 7) is 0. The van der Waals surface area contributed by atoms with E-state index >= 15 is 0 Å². The number of hydrogen-bond donors (Lipinski definition) is 0. The van der Waals surface area contributed by atoms with E-state index in [1.807, 2.05) is 17.4 Å². The molecule has 3 aromatic heterocycles. The van der Waals surface area contributed by atoms with Crippen LogP contribution in [-0.2, 0) is 0 Å². The first kappa shape index (κ1) is 29.0. The van der Waals surface area contributed by atoms with E-state index in [2.05, 4.69) is 158 Å². The van der Waals surface area contributed by atoms with E-state index in [-0.39, 0.29) is 0 Å². The molecule has 0 aliphatic heterocycles. The maximum Gasteiger partial charge on any atom is 0.165 e. The van der Waals surface area contributed by atoms with Crippen LogP contribution in [0.15, 0.2) is 164 Å². The first-order chi connectivity index (χ1) is 24.8. The van der Waals surface area contributed by atoms with E-state index in [1.54, 1.807) is 11.3 Å². The molecule has 0 spiro atoms. The molecule has 0 saturated carbocycles. The summed E-state index contributed by atoms with van der Waals surface area (Å²) < 4.78 is 4.95. The normalized spacial score (nSPS) is 11.6. The van der Waals surface area contributed by atoms with Crippen LogP contribution in [0.5, 0.6) is 0 Å². The lowest BCUT2D eigenvalue weighted by molar-refractivity contribution is 1.08. The predicted molar refractivity (Wildman–Crippen MR) is 213 cm³/mol. The van der Waals surface area contributed by atoms with Crippen molar-refractivity contribution < 1.29 is 0 Å². The largest absolute Gasteiger partial charge is 0.208 e. The zero-order chi connectivity index (χ0) is 33.0. The highest BCUT2D eigenvalue weighted by atomic mass is 32.1. The van der Waals surface area contributed by atoms with E-state index in [4.69, 9.17) is 15.0 Å². The number of benzene rings is 7. The Labute approximate surface area is 296 Å². The summed E-state index contributed by atoms with van der Waals surface area (Å²) in [6, 6.07) is 57.9. The minimum absolute atomic E-state index is 0.656. The number of fused-ring (bicyclic) bond motifs is 6. The van der Waals surface area contributed by atoms with Gasteiger partial charge in [-0.1, -0.05) is 127 Å². The first-order valence-corrected chi connectivity index (χ1v) is 18.2. The Hall–Kier alpha value is -6.01. The number of rotatable bonds is 5. The van der Waals surface area contributed by atoms with Crippen molar-refractivity contribution >= 4 is 63.0 Å². The molecule has 3 heterocycles. The van der Waals surface area contributed by atoms with Gasteiger partial charge in [0.2, 0.25) is 0 Å². The molecule has 3 nitrogen and oxygen atoms in total. The van der Waals surface area contributed by atoms with Gasteiger partial charge >= 0.3 is 0 Å². The van der Waals surface area contributed by atoms with Crippen molar-refractivity contribution in [3.63, 3.8) is 0 Å². The number of aromatic nitrogens is 3. The Balaban J connectivity index is 1.18. The van der Waals surface area contributed by atoms with Crippen molar-refractivity contribution in [1.82, 2.24) is 15.0 Å². The van der Waals surface area contributed by atoms with Crippen LogP contribution in [0.1, 0.15) is 0 Å². The van der Waals surface area contributed by atoms with Gasteiger partial charge in [-0.3, -0.25) is 0 Å². The van der Waals surface area contributed by atoms with E-state index < -0.39 is 0 Å². The van der Waals surface area contributed by atoms with Crippen LogP contribution < -0.4 is 0 Å². The van der Waals surface area contributed by atoms with Gasteiger partial charge in [0.15, 0.2) is 17.5 Å². The van der Waals surface area contributed by atoms with E-state index in [1.165, 1.54) is 57.0 Å². The van der Waals surface area contributed by atoms with Gasteiger partial charge in [0.25, 0.3) is 0 Å². The lowest BCUT2D eigenvalue weighted by Gasteiger charge is -2.10. The second kappa shape index (κ2) is 11.8. The Morgan fingerprint density at radius 1 is 0.320 bits per heavy atom. The highest BCUT2D eigenvalue weighted by Gasteiger charge is 2.18.